The minimum atomic E-state index is -4.02. The number of ether oxygens (including phenoxy) is 1. The van der Waals surface area contributed by atoms with Crippen LogP contribution in [-0.2, 0) is 26.3 Å². The molecule has 1 aliphatic carbocycles. The Hall–Kier alpha value is -2.22. The number of benzene rings is 2. The first-order valence-electron chi connectivity index (χ1n) is 10.3. The van der Waals surface area contributed by atoms with Gasteiger partial charge in [-0.2, -0.15) is 8.42 Å². The molecular formula is C23H29NO5S. The first kappa shape index (κ1) is 22.5. The predicted molar refractivity (Wildman–Crippen MR) is 115 cm³/mol. The minimum absolute atomic E-state index is 0.0666. The second-order valence-corrected chi connectivity index (χ2v) is 9.41. The maximum Gasteiger partial charge on any atom is 0.323 e. The molecule has 3 atom stereocenters. The van der Waals surface area contributed by atoms with Crippen LogP contribution in [-0.4, -0.2) is 31.0 Å². The van der Waals surface area contributed by atoms with Crippen LogP contribution in [0.5, 0.6) is 0 Å². The normalized spacial score (nSPS) is 23.1. The molecule has 0 aromatic heterocycles. The quantitative estimate of drug-likeness (QED) is 0.564. The van der Waals surface area contributed by atoms with Gasteiger partial charge in [0.25, 0.3) is 10.1 Å². The molecule has 0 bridgehead atoms. The topological polar surface area (TPSA) is 92.7 Å². The fraction of sp³-hybridized carbons (Fsp3) is 0.435. The van der Waals surface area contributed by atoms with Crippen molar-refractivity contribution >= 4 is 16.1 Å². The summed E-state index contributed by atoms with van der Waals surface area (Å²) in [6, 6.07) is 16.3. The van der Waals surface area contributed by atoms with Gasteiger partial charge in [-0.05, 0) is 49.8 Å². The standard InChI is InChI=1S/C16H21NO2.C7H8O3S/c18-16(19-11-12-6-2-1-3-7-12)15-10-13-8-4-5-9-14(13)17-15;1-6-2-4-7(5-3-6)11(8,9)10/h1-3,6-7,13-15,17H,4-5,8-11H2;2-5H,1H3,(H,8,9,10)/t13-,14-,15-;/m1./s1. The molecule has 2 aromatic rings. The largest absolute Gasteiger partial charge is 0.460 e. The van der Waals surface area contributed by atoms with Crippen molar-refractivity contribution in [3.63, 3.8) is 0 Å². The van der Waals surface area contributed by atoms with Gasteiger partial charge in [-0.15, -0.1) is 0 Å². The molecule has 2 fully saturated rings. The monoisotopic (exact) mass is 431 g/mol. The highest BCUT2D eigenvalue weighted by Gasteiger charge is 2.38. The van der Waals surface area contributed by atoms with E-state index in [-0.39, 0.29) is 16.9 Å². The van der Waals surface area contributed by atoms with Gasteiger partial charge in [-0.1, -0.05) is 60.9 Å². The molecule has 7 heteroatoms. The molecule has 2 aromatic carbocycles. The maximum atomic E-state index is 12.1. The molecule has 162 valence electrons. The molecular weight excluding hydrogens is 402 g/mol. The third-order valence-electron chi connectivity index (χ3n) is 5.69. The van der Waals surface area contributed by atoms with Crippen molar-refractivity contribution in [2.24, 2.45) is 5.92 Å². The molecule has 2 aliphatic rings. The van der Waals surface area contributed by atoms with E-state index in [0.717, 1.165) is 17.5 Å². The zero-order chi connectivity index (χ0) is 21.6. The Morgan fingerprint density at radius 3 is 2.37 bits per heavy atom. The van der Waals surface area contributed by atoms with Crippen LogP contribution < -0.4 is 5.32 Å². The van der Waals surface area contributed by atoms with Crippen molar-refractivity contribution in [2.75, 3.05) is 0 Å². The Balaban J connectivity index is 0.000000199. The number of esters is 1. The Morgan fingerprint density at radius 2 is 1.73 bits per heavy atom. The number of fused-ring (bicyclic) bond motifs is 1. The summed E-state index contributed by atoms with van der Waals surface area (Å²) >= 11 is 0. The summed E-state index contributed by atoms with van der Waals surface area (Å²) < 4.78 is 35.0. The number of hydrogen-bond donors (Lipinski definition) is 2. The van der Waals surface area contributed by atoms with Gasteiger partial charge in [0.05, 0.1) is 4.90 Å². The number of nitrogens with one attached hydrogen (secondary N) is 1. The Labute approximate surface area is 178 Å². The highest BCUT2D eigenvalue weighted by atomic mass is 32.2. The summed E-state index contributed by atoms with van der Waals surface area (Å²) in [6.07, 6.45) is 6.04. The molecule has 6 nitrogen and oxygen atoms in total. The summed E-state index contributed by atoms with van der Waals surface area (Å²) in [5, 5.41) is 3.45. The highest BCUT2D eigenvalue weighted by molar-refractivity contribution is 7.85. The van der Waals surface area contributed by atoms with Crippen LogP contribution in [0.2, 0.25) is 0 Å². The SMILES string of the molecule is Cc1ccc(S(=O)(=O)O)cc1.O=C(OCc1ccccc1)[C@H]1C[C@H]2CCCC[C@H]2N1. The summed E-state index contributed by atoms with van der Waals surface area (Å²) in [7, 11) is -4.02. The first-order chi connectivity index (χ1) is 14.3. The van der Waals surface area contributed by atoms with Gasteiger partial charge in [0, 0.05) is 6.04 Å². The second kappa shape index (κ2) is 10.2. The summed E-state index contributed by atoms with van der Waals surface area (Å²) in [5.74, 6) is 0.598. The van der Waals surface area contributed by atoms with E-state index in [9.17, 15) is 13.2 Å². The van der Waals surface area contributed by atoms with Crippen molar-refractivity contribution < 1.29 is 22.5 Å². The van der Waals surface area contributed by atoms with Crippen LogP contribution in [0.25, 0.3) is 0 Å². The Bertz CT molecular complexity index is 914. The lowest BCUT2D eigenvalue weighted by atomic mass is 9.85. The predicted octanol–water partition coefficient (Wildman–Crippen LogP) is 3.89. The van der Waals surface area contributed by atoms with E-state index in [1.165, 1.54) is 37.8 Å². The van der Waals surface area contributed by atoms with E-state index >= 15 is 0 Å². The highest BCUT2D eigenvalue weighted by Crippen LogP contribution is 2.33. The van der Waals surface area contributed by atoms with E-state index in [2.05, 4.69) is 5.32 Å². The zero-order valence-corrected chi connectivity index (χ0v) is 18.0. The fourth-order valence-corrected chi connectivity index (χ4v) is 4.52. The van der Waals surface area contributed by atoms with E-state index in [4.69, 9.17) is 9.29 Å². The van der Waals surface area contributed by atoms with E-state index < -0.39 is 10.1 Å². The average Bonchev–Trinajstić information content (AvgIpc) is 3.17. The number of rotatable bonds is 4. The minimum Gasteiger partial charge on any atom is -0.460 e. The number of carbonyl (C=O) groups excluding carboxylic acids is 1. The van der Waals surface area contributed by atoms with Crippen molar-refractivity contribution in [3.8, 4) is 0 Å². The number of aryl methyl sites for hydroxylation is 1. The van der Waals surface area contributed by atoms with Crippen LogP contribution in [0.3, 0.4) is 0 Å². The second-order valence-electron chi connectivity index (χ2n) is 7.99. The first-order valence-corrected chi connectivity index (χ1v) is 11.8. The maximum absolute atomic E-state index is 12.1. The molecule has 1 saturated carbocycles. The van der Waals surface area contributed by atoms with Gasteiger partial charge in [-0.25, -0.2) is 0 Å². The van der Waals surface area contributed by atoms with Gasteiger partial charge in [0.2, 0.25) is 0 Å². The van der Waals surface area contributed by atoms with Crippen LogP contribution in [0.15, 0.2) is 59.5 Å². The van der Waals surface area contributed by atoms with Gasteiger partial charge in [-0.3, -0.25) is 9.35 Å². The molecule has 1 saturated heterocycles. The van der Waals surface area contributed by atoms with E-state index in [1.54, 1.807) is 12.1 Å². The lowest BCUT2D eigenvalue weighted by molar-refractivity contribution is -0.147. The third kappa shape index (κ3) is 6.39. The van der Waals surface area contributed by atoms with Gasteiger partial charge >= 0.3 is 5.97 Å². The summed E-state index contributed by atoms with van der Waals surface area (Å²) in [6.45, 7) is 2.22. The number of carbonyl (C=O) groups is 1. The van der Waals surface area contributed by atoms with Crippen molar-refractivity contribution in [3.05, 3.63) is 65.7 Å². The van der Waals surface area contributed by atoms with Gasteiger partial charge < -0.3 is 10.1 Å². The lowest BCUT2D eigenvalue weighted by Crippen LogP contribution is -2.37. The van der Waals surface area contributed by atoms with Crippen molar-refractivity contribution in [2.45, 2.75) is 62.6 Å². The summed E-state index contributed by atoms with van der Waals surface area (Å²) in [5.41, 5.74) is 2.00. The fourth-order valence-electron chi connectivity index (χ4n) is 4.04. The molecule has 1 aliphatic heterocycles. The van der Waals surface area contributed by atoms with E-state index in [1.807, 2.05) is 37.3 Å². The average molecular weight is 432 g/mol. The van der Waals surface area contributed by atoms with Crippen LogP contribution in [0.4, 0.5) is 0 Å². The zero-order valence-electron chi connectivity index (χ0n) is 17.2. The lowest BCUT2D eigenvalue weighted by Gasteiger charge is -2.24. The summed E-state index contributed by atoms with van der Waals surface area (Å²) in [4.78, 5) is 12.0. The smallest absolute Gasteiger partial charge is 0.323 e. The molecule has 0 spiro atoms. The van der Waals surface area contributed by atoms with Crippen LogP contribution >= 0.6 is 0 Å². The molecule has 4 rings (SSSR count). The molecule has 30 heavy (non-hydrogen) atoms. The molecule has 0 amide bonds. The third-order valence-corrected chi connectivity index (χ3v) is 6.56. The number of hydrogen-bond acceptors (Lipinski definition) is 5. The van der Waals surface area contributed by atoms with E-state index in [0.29, 0.717) is 18.6 Å². The van der Waals surface area contributed by atoms with Crippen molar-refractivity contribution in [1.29, 1.82) is 0 Å². The Morgan fingerprint density at radius 1 is 1.07 bits per heavy atom. The van der Waals surface area contributed by atoms with Gasteiger partial charge in [0.1, 0.15) is 12.6 Å². The van der Waals surface area contributed by atoms with Gasteiger partial charge in [0.15, 0.2) is 0 Å². The van der Waals surface area contributed by atoms with Crippen molar-refractivity contribution in [1.82, 2.24) is 5.32 Å². The van der Waals surface area contributed by atoms with Crippen LogP contribution in [0, 0.1) is 12.8 Å². The molecule has 1 heterocycles. The molecule has 2 N–H and O–H groups in total. The Kier molecular flexibility index (Phi) is 7.64. The van der Waals surface area contributed by atoms with Crippen LogP contribution in [0.1, 0.15) is 43.2 Å². The molecule has 0 radical (unpaired) electrons. The molecule has 0 unspecified atom stereocenters.